The van der Waals surface area contributed by atoms with Gasteiger partial charge in [0.2, 0.25) is 0 Å². The molecule has 0 spiro atoms. The monoisotopic (exact) mass is 281 g/mol. The lowest BCUT2D eigenvalue weighted by molar-refractivity contribution is 0.253. The minimum absolute atomic E-state index is 0.271. The van der Waals surface area contributed by atoms with Crippen LogP contribution in [0.3, 0.4) is 0 Å². The van der Waals surface area contributed by atoms with Gasteiger partial charge in [-0.1, -0.05) is 42.3 Å². The first-order valence-corrected chi connectivity index (χ1v) is 6.88. The highest BCUT2D eigenvalue weighted by molar-refractivity contribution is 9.10. The molecule has 0 bridgehead atoms. The molecule has 16 heavy (non-hydrogen) atoms. The lowest BCUT2D eigenvalue weighted by atomic mass is 9.64. The second-order valence-corrected chi connectivity index (χ2v) is 6.18. The second kappa shape index (κ2) is 4.50. The third-order valence-electron chi connectivity index (χ3n) is 3.90. The Labute approximate surface area is 107 Å². The maximum Gasteiger partial charge on any atom is 0.0181 e. The van der Waals surface area contributed by atoms with E-state index in [1.54, 1.807) is 0 Å². The van der Waals surface area contributed by atoms with E-state index in [1.807, 2.05) is 0 Å². The van der Waals surface area contributed by atoms with Gasteiger partial charge in [-0.05, 0) is 42.0 Å². The summed E-state index contributed by atoms with van der Waals surface area (Å²) in [5, 5.41) is 0. The third-order valence-corrected chi connectivity index (χ3v) is 4.36. The summed E-state index contributed by atoms with van der Waals surface area (Å²) < 4.78 is 1.19. The number of rotatable bonds is 3. The minimum atomic E-state index is 0.271. The summed E-state index contributed by atoms with van der Waals surface area (Å²) in [6.45, 7) is 5.25. The van der Waals surface area contributed by atoms with Crippen molar-refractivity contribution in [1.82, 2.24) is 0 Å². The van der Waals surface area contributed by atoms with Crippen molar-refractivity contribution in [1.29, 1.82) is 0 Å². The van der Waals surface area contributed by atoms with E-state index in [0.29, 0.717) is 5.92 Å². The van der Waals surface area contributed by atoms with Crippen LogP contribution in [0.5, 0.6) is 0 Å². The van der Waals surface area contributed by atoms with Gasteiger partial charge in [-0.2, -0.15) is 0 Å². The van der Waals surface area contributed by atoms with Gasteiger partial charge in [-0.3, -0.25) is 0 Å². The molecule has 0 aromatic heterocycles. The molecule has 0 radical (unpaired) electrons. The van der Waals surface area contributed by atoms with Gasteiger partial charge in [-0.25, -0.2) is 0 Å². The average Bonchev–Trinajstić information content (AvgIpc) is 2.16. The molecule has 1 aromatic carbocycles. The lowest BCUT2D eigenvalue weighted by Crippen LogP contribution is -2.41. The van der Waals surface area contributed by atoms with Crippen LogP contribution in [0.25, 0.3) is 0 Å². The Kier molecular flexibility index (Phi) is 3.41. The van der Waals surface area contributed by atoms with Gasteiger partial charge in [0.05, 0.1) is 0 Å². The first-order valence-electron chi connectivity index (χ1n) is 6.08. The lowest BCUT2D eigenvalue weighted by Gasteiger charge is -2.42. The number of halogens is 1. The predicted molar refractivity (Wildman–Crippen MR) is 72.8 cm³/mol. The SMILES string of the molecule is CC(C)c1cc(Br)cc(C2(CN)CCC2)c1. The molecule has 0 aliphatic heterocycles. The molecular formula is C14H20BrN. The Morgan fingerprint density at radius 3 is 2.44 bits per heavy atom. The molecule has 88 valence electrons. The van der Waals surface area contributed by atoms with Crippen molar-refractivity contribution in [3.63, 3.8) is 0 Å². The molecule has 0 unspecified atom stereocenters. The average molecular weight is 282 g/mol. The summed E-state index contributed by atoms with van der Waals surface area (Å²) in [4.78, 5) is 0. The van der Waals surface area contributed by atoms with Gasteiger partial charge >= 0.3 is 0 Å². The Bertz CT molecular complexity index is 375. The topological polar surface area (TPSA) is 26.0 Å². The maximum absolute atomic E-state index is 5.96. The second-order valence-electron chi connectivity index (χ2n) is 5.27. The van der Waals surface area contributed by atoms with Crippen molar-refractivity contribution >= 4 is 15.9 Å². The first kappa shape index (κ1) is 12.1. The van der Waals surface area contributed by atoms with Crippen molar-refractivity contribution in [2.24, 2.45) is 5.73 Å². The van der Waals surface area contributed by atoms with E-state index >= 15 is 0 Å². The highest BCUT2D eigenvalue weighted by Gasteiger charge is 2.37. The van der Waals surface area contributed by atoms with E-state index in [2.05, 4.69) is 48.0 Å². The van der Waals surface area contributed by atoms with E-state index < -0.39 is 0 Å². The maximum atomic E-state index is 5.96. The van der Waals surface area contributed by atoms with Gasteiger partial charge in [0.1, 0.15) is 0 Å². The molecule has 0 amide bonds. The normalized spacial score (nSPS) is 18.6. The standard InChI is InChI=1S/C14H20BrN/c1-10(2)11-6-12(8-13(15)7-11)14(9-16)4-3-5-14/h6-8,10H,3-5,9,16H2,1-2H3. The molecule has 2 rings (SSSR count). The van der Waals surface area contributed by atoms with Gasteiger partial charge in [-0.15, -0.1) is 0 Å². The van der Waals surface area contributed by atoms with Crippen molar-refractivity contribution in [2.45, 2.75) is 44.4 Å². The summed E-state index contributed by atoms with van der Waals surface area (Å²) in [6, 6.07) is 6.82. The number of nitrogens with two attached hydrogens (primary N) is 1. The Hall–Kier alpha value is -0.340. The van der Waals surface area contributed by atoms with Gasteiger partial charge in [0.25, 0.3) is 0 Å². The first-order chi connectivity index (χ1) is 7.57. The van der Waals surface area contributed by atoms with Crippen LogP contribution in [0.1, 0.15) is 50.2 Å². The van der Waals surface area contributed by atoms with Crippen molar-refractivity contribution < 1.29 is 0 Å². The Morgan fingerprint density at radius 2 is 2.00 bits per heavy atom. The molecular weight excluding hydrogens is 262 g/mol. The third kappa shape index (κ3) is 2.05. The number of benzene rings is 1. The molecule has 1 aliphatic rings. The van der Waals surface area contributed by atoms with E-state index in [4.69, 9.17) is 5.73 Å². The van der Waals surface area contributed by atoms with E-state index in [1.165, 1.54) is 34.9 Å². The molecule has 0 heterocycles. The van der Waals surface area contributed by atoms with E-state index in [-0.39, 0.29) is 5.41 Å². The zero-order chi connectivity index (χ0) is 11.8. The molecule has 1 saturated carbocycles. The fraction of sp³-hybridized carbons (Fsp3) is 0.571. The summed E-state index contributed by atoms with van der Waals surface area (Å²) in [6.07, 6.45) is 3.82. The van der Waals surface area contributed by atoms with Crippen LogP contribution in [0.4, 0.5) is 0 Å². The van der Waals surface area contributed by atoms with Crippen LogP contribution in [0, 0.1) is 0 Å². The minimum Gasteiger partial charge on any atom is -0.330 e. The molecule has 0 atom stereocenters. The zero-order valence-electron chi connectivity index (χ0n) is 10.1. The molecule has 2 N–H and O–H groups in total. The molecule has 1 nitrogen and oxygen atoms in total. The smallest absolute Gasteiger partial charge is 0.0181 e. The van der Waals surface area contributed by atoms with Gasteiger partial charge < -0.3 is 5.73 Å². The van der Waals surface area contributed by atoms with Gasteiger partial charge in [0, 0.05) is 16.4 Å². The quantitative estimate of drug-likeness (QED) is 0.892. The fourth-order valence-corrected chi connectivity index (χ4v) is 2.98. The van der Waals surface area contributed by atoms with Crippen LogP contribution in [0.15, 0.2) is 22.7 Å². The van der Waals surface area contributed by atoms with Crippen molar-refractivity contribution in [3.8, 4) is 0 Å². The van der Waals surface area contributed by atoms with E-state index in [9.17, 15) is 0 Å². The molecule has 1 aliphatic carbocycles. The van der Waals surface area contributed by atoms with Crippen LogP contribution in [0.2, 0.25) is 0 Å². The molecule has 0 saturated heterocycles. The van der Waals surface area contributed by atoms with Crippen molar-refractivity contribution in [2.75, 3.05) is 6.54 Å². The van der Waals surface area contributed by atoms with E-state index in [0.717, 1.165) is 6.54 Å². The summed E-state index contributed by atoms with van der Waals surface area (Å²) in [5.41, 5.74) is 9.07. The largest absolute Gasteiger partial charge is 0.330 e. The van der Waals surface area contributed by atoms with Crippen molar-refractivity contribution in [3.05, 3.63) is 33.8 Å². The predicted octanol–water partition coefficient (Wildman–Crippen LogP) is 3.95. The fourth-order valence-electron chi connectivity index (χ4n) is 2.47. The molecule has 1 fully saturated rings. The molecule has 1 aromatic rings. The summed E-state index contributed by atoms with van der Waals surface area (Å²) in [7, 11) is 0. The van der Waals surface area contributed by atoms with Crippen LogP contribution >= 0.6 is 15.9 Å². The van der Waals surface area contributed by atoms with Crippen LogP contribution in [-0.4, -0.2) is 6.54 Å². The number of hydrogen-bond acceptors (Lipinski definition) is 1. The highest BCUT2D eigenvalue weighted by Crippen LogP contribution is 2.44. The summed E-state index contributed by atoms with van der Waals surface area (Å²) >= 11 is 3.62. The highest BCUT2D eigenvalue weighted by atomic mass is 79.9. The Morgan fingerprint density at radius 1 is 1.31 bits per heavy atom. The summed E-state index contributed by atoms with van der Waals surface area (Å²) in [5.74, 6) is 0.575. The van der Waals surface area contributed by atoms with Gasteiger partial charge in [0.15, 0.2) is 0 Å². The van der Waals surface area contributed by atoms with Crippen LogP contribution < -0.4 is 5.73 Å². The van der Waals surface area contributed by atoms with Crippen LogP contribution in [-0.2, 0) is 5.41 Å². The number of hydrogen-bond donors (Lipinski definition) is 1. The Balaban J connectivity index is 2.40. The zero-order valence-corrected chi connectivity index (χ0v) is 11.7. The molecule has 2 heteroatoms.